The van der Waals surface area contributed by atoms with Crippen molar-refractivity contribution in [3.05, 3.63) is 71.8 Å². The van der Waals surface area contributed by atoms with Gasteiger partial charge >= 0.3 is 18.0 Å². The maximum Gasteiger partial charge on any atom is 0.408 e. The molecule has 2 aromatic carbocycles. The van der Waals surface area contributed by atoms with E-state index in [1.807, 2.05) is 6.07 Å². The molecule has 0 aliphatic rings. The molecule has 0 radical (unpaired) electrons. The number of amides is 3. The Bertz CT molecular complexity index is 1220. The van der Waals surface area contributed by atoms with E-state index in [1.165, 1.54) is 0 Å². The summed E-state index contributed by atoms with van der Waals surface area (Å²) in [6, 6.07) is 14.0. The van der Waals surface area contributed by atoms with Gasteiger partial charge < -0.3 is 36.3 Å². The third-order valence-corrected chi connectivity index (χ3v) is 6.35. The van der Waals surface area contributed by atoms with Crippen molar-refractivity contribution in [3.63, 3.8) is 0 Å². The summed E-state index contributed by atoms with van der Waals surface area (Å²) < 4.78 is 9.72. The first-order valence-electron chi connectivity index (χ1n) is 13.8. The van der Waals surface area contributed by atoms with Crippen LogP contribution in [0.25, 0.3) is 0 Å². The molecule has 43 heavy (non-hydrogen) atoms. The van der Waals surface area contributed by atoms with Crippen molar-refractivity contribution in [2.24, 2.45) is 5.73 Å². The minimum Gasteiger partial charge on any atom is -0.481 e. The van der Waals surface area contributed by atoms with Gasteiger partial charge in [-0.2, -0.15) is 0 Å². The number of ether oxygens (including phenoxy) is 2. The SMILES string of the molecule is COC(=O)C(=O)[C@H](CCC(=O)O)NC(=O)[C@H](CCCCN)NC(=O)[C@H](Cc1ccccc1)NC(=O)OCc1ccccc1. The van der Waals surface area contributed by atoms with Gasteiger partial charge in [0.2, 0.25) is 11.8 Å². The van der Waals surface area contributed by atoms with Gasteiger partial charge in [-0.05, 0) is 43.4 Å². The fourth-order valence-electron chi connectivity index (χ4n) is 4.05. The third-order valence-electron chi connectivity index (χ3n) is 6.35. The highest BCUT2D eigenvalue weighted by molar-refractivity contribution is 6.36. The molecule has 0 aromatic heterocycles. The largest absolute Gasteiger partial charge is 0.481 e. The van der Waals surface area contributed by atoms with Gasteiger partial charge in [0.25, 0.3) is 5.78 Å². The standard InChI is InChI=1S/C30H38N4O9/c1-42-29(40)26(37)22(15-16-25(35)36)32-27(38)23(14-8-9-17-31)33-28(39)24(18-20-10-4-2-5-11-20)34-30(41)43-19-21-12-6-3-7-13-21/h2-7,10-13,22-24H,8-9,14-19,31H2,1H3,(H,32,38)(H,33,39)(H,34,41)(H,35,36)/t22-,23-,24-/m0/s1. The fraction of sp³-hybridized carbons (Fsp3) is 0.400. The molecule has 0 aliphatic heterocycles. The van der Waals surface area contributed by atoms with Crippen molar-refractivity contribution in [1.29, 1.82) is 0 Å². The molecule has 0 aliphatic carbocycles. The van der Waals surface area contributed by atoms with E-state index in [9.17, 15) is 28.8 Å². The molecule has 13 nitrogen and oxygen atoms in total. The van der Waals surface area contributed by atoms with Crippen LogP contribution in [0.1, 0.15) is 43.2 Å². The van der Waals surface area contributed by atoms with Crippen molar-refractivity contribution in [1.82, 2.24) is 16.0 Å². The van der Waals surface area contributed by atoms with E-state index in [0.717, 1.165) is 18.2 Å². The Labute approximate surface area is 249 Å². The second kappa shape index (κ2) is 18.6. The average molecular weight is 599 g/mol. The Kier molecular flexibility index (Phi) is 14.9. The molecule has 6 N–H and O–H groups in total. The van der Waals surface area contributed by atoms with Crippen LogP contribution < -0.4 is 21.7 Å². The molecule has 0 bridgehead atoms. The first-order chi connectivity index (χ1) is 20.6. The number of carbonyl (C=O) groups is 6. The Hall–Kier alpha value is -4.78. The van der Waals surface area contributed by atoms with Crippen LogP contribution in [0.5, 0.6) is 0 Å². The summed E-state index contributed by atoms with van der Waals surface area (Å²) >= 11 is 0. The highest BCUT2D eigenvalue weighted by atomic mass is 16.5. The van der Waals surface area contributed by atoms with Gasteiger partial charge in [-0.1, -0.05) is 60.7 Å². The van der Waals surface area contributed by atoms with Gasteiger partial charge in [0.1, 0.15) is 18.7 Å². The average Bonchev–Trinajstić information content (AvgIpc) is 3.01. The van der Waals surface area contributed by atoms with E-state index < -0.39 is 60.2 Å². The summed E-state index contributed by atoms with van der Waals surface area (Å²) in [5.41, 5.74) is 7.06. The van der Waals surface area contributed by atoms with E-state index >= 15 is 0 Å². The van der Waals surface area contributed by atoms with Crippen molar-refractivity contribution < 1.29 is 43.3 Å². The number of methoxy groups -OCH3 is 1. The number of rotatable bonds is 18. The van der Waals surface area contributed by atoms with Gasteiger partial charge in [-0.15, -0.1) is 0 Å². The summed E-state index contributed by atoms with van der Waals surface area (Å²) in [4.78, 5) is 74.8. The molecule has 0 saturated carbocycles. The second-order valence-corrected chi connectivity index (χ2v) is 9.64. The van der Waals surface area contributed by atoms with Crippen molar-refractivity contribution in [2.45, 2.75) is 63.3 Å². The van der Waals surface area contributed by atoms with Crippen LogP contribution in [0, 0.1) is 0 Å². The van der Waals surface area contributed by atoms with E-state index in [1.54, 1.807) is 54.6 Å². The molecular weight excluding hydrogens is 560 g/mol. The molecule has 13 heteroatoms. The zero-order valence-corrected chi connectivity index (χ0v) is 24.0. The minimum atomic E-state index is -1.49. The molecule has 3 atom stereocenters. The van der Waals surface area contributed by atoms with E-state index in [0.29, 0.717) is 19.4 Å². The molecule has 0 saturated heterocycles. The third kappa shape index (κ3) is 12.7. The number of carbonyl (C=O) groups excluding carboxylic acids is 5. The minimum absolute atomic E-state index is 0.0254. The lowest BCUT2D eigenvalue weighted by molar-refractivity contribution is -0.153. The second-order valence-electron chi connectivity index (χ2n) is 9.64. The van der Waals surface area contributed by atoms with Crippen molar-refractivity contribution in [3.8, 4) is 0 Å². The topological polar surface area (TPSA) is 203 Å². The van der Waals surface area contributed by atoms with Crippen molar-refractivity contribution >= 4 is 35.6 Å². The Morgan fingerprint density at radius 2 is 1.35 bits per heavy atom. The predicted molar refractivity (Wildman–Crippen MR) is 154 cm³/mol. The lowest BCUT2D eigenvalue weighted by Gasteiger charge is -2.25. The number of carboxylic acid groups (broad SMARTS) is 1. The number of unbranched alkanes of at least 4 members (excludes halogenated alkanes) is 1. The highest BCUT2D eigenvalue weighted by Crippen LogP contribution is 2.09. The van der Waals surface area contributed by atoms with Crippen LogP contribution in [0.2, 0.25) is 0 Å². The number of alkyl carbamates (subject to hydrolysis) is 1. The molecule has 3 amide bonds. The number of benzene rings is 2. The van der Waals surface area contributed by atoms with Gasteiger partial charge in [-0.25, -0.2) is 9.59 Å². The number of nitrogens with one attached hydrogen (secondary N) is 3. The lowest BCUT2D eigenvalue weighted by Crippen LogP contribution is -2.56. The fourth-order valence-corrected chi connectivity index (χ4v) is 4.05. The summed E-state index contributed by atoms with van der Waals surface area (Å²) in [5.74, 6) is -5.13. The van der Waals surface area contributed by atoms with Crippen LogP contribution in [0.3, 0.4) is 0 Å². The quantitative estimate of drug-likeness (QED) is 0.0943. The smallest absolute Gasteiger partial charge is 0.408 e. The number of hydrogen-bond acceptors (Lipinski definition) is 9. The van der Waals surface area contributed by atoms with Crippen molar-refractivity contribution in [2.75, 3.05) is 13.7 Å². The molecule has 0 heterocycles. The summed E-state index contributed by atoms with van der Waals surface area (Å²) in [7, 11) is 0.983. The van der Waals surface area contributed by atoms with Gasteiger partial charge in [0.05, 0.1) is 13.2 Å². The Morgan fingerprint density at radius 3 is 1.93 bits per heavy atom. The Balaban J connectivity index is 2.21. The van der Waals surface area contributed by atoms with E-state index in [2.05, 4.69) is 20.7 Å². The van der Waals surface area contributed by atoms with Crippen LogP contribution in [-0.2, 0) is 46.5 Å². The maximum absolute atomic E-state index is 13.5. The highest BCUT2D eigenvalue weighted by Gasteiger charge is 2.32. The zero-order valence-electron chi connectivity index (χ0n) is 24.0. The number of esters is 1. The van der Waals surface area contributed by atoms with E-state index in [4.69, 9.17) is 15.6 Å². The summed E-state index contributed by atoms with van der Waals surface area (Å²) in [6.07, 6.45) is -0.580. The van der Waals surface area contributed by atoms with Crippen LogP contribution >= 0.6 is 0 Å². The first kappa shape index (κ1) is 34.4. The van der Waals surface area contributed by atoms with Crippen LogP contribution in [0.15, 0.2) is 60.7 Å². The number of Topliss-reactive ketones (excluding diaryl/α,β-unsaturated/α-hetero) is 1. The monoisotopic (exact) mass is 598 g/mol. The molecule has 2 rings (SSSR count). The number of nitrogens with two attached hydrogens (primary N) is 1. The Morgan fingerprint density at radius 1 is 0.767 bits per heavy atom. The number of aliphatic carboxylic acids is 1. The molecule has 2 aromatic rings. The van der Waals surface area contributed by atoms with Gasteiger partial charge in [0, 0.05) is 12.8 Å². The predicted octanol–water partition coefficient (Wildman–Crippen LogP) is 1.23. The molecule has 232 valence electrons. The molecule has 0 unspecified atom stereocenters. The van der Waals surface area contributed by atoms with E-state index in [-0.39, 0.29) is 25.9 Å². The van der Waals surface area contributed by atoms with Crippen LogP contribution in [0.4, 0.5) is 4.79 Å². The molecular formula is C30H38N4O9. The maximum atomic E-state index is 13.5. The number of ketones is 1. The van der Waals surface area contributed by atoms with Gasteiger partial charge in [-0.3, -0.25) is 19.2 Å². The molecule has 0 fully saturated rings. The summed E-state index contributed by atoms with van der Waals surface area (Å²) in [5, 5.41) is 16.6. The van der Waals surface area contributed by atoms with Gasteiger partial charge in [0.15, 0.2) is 0 Å². The number of hydrogen-bond donors (Lipinski definition) is 5. The zero-order chi connectivity index (χ0) is 31.6. The number of carboxylic acids is 1. The van der Waals surface area contributed by atoms with Crippen LogP contribution in [-0.4, -0.2) is 72.5 Å². The normalized spacial score (nSPS) is 12.6. The molecule has 0 spiro atoms. The lowest BCUT2D eigenvalue weighted by atomic mass is 10.0. The first-order valence-corrected chi connectivity index (χ1v) is 13.8. The summed E-state index contributed by atoms with van der Waals surface area (Å²) in [6.45, 7) is 0.304.